The van der Waals surface area contributed by atoms with E-state index in [0.717, 1.165) is 21.6 Å². The summed E-state index contributed by atoms with van der Waals surface area (Å²) in [7, 11) is 0.415. The molecule has 0 spiro atoms. The van der Waals surface area contributed by atoms with Gasteiger partial charge in [-0.25, -0.2) is 0 Å². The summed E-state index contributed by atoms with van der Waals surface area (Å²) in [5.41, 5.74) is 4.33. The second-order valence-electron chi connectivity index (χ2n) is 2.96. The van der Waals surface area contributed by atoms with Crippen LogP contribution in [-0.4, -0.2) is 20.2 Å². The fourth-order valence-corrected chi connectivity index (χ4v) is 1.97. The predicted molar refractivity (Wildman–Crippen MR) is 66.6 cm³/mol. The van der Waals surface area contributed by atoms with E-state index >= 15 is 0 Å². The molecule has 0 heterocycles. The normalized spacial score (nSPS) is 11.6. The van der Waals surface area contributed by atoms with Crippen molar-refractivity contribution in [1.29, 1.82) is 0 Å². The predicted octanol–water partition coefficient (Wildman–Crippen LogP) is 0.323. The second kappa shape index (κ2) is 6.38. The van der Waals surface area contributed by atoms with Crippen LogP contribution in [0.4, 0.5) is 0 Å². The lowest BCUT2D eigenvalue weighted by Gasteiger charge is -1.90. The van der Waals surface area contributed by atoms with Gasteiger partial charge in [-0.3, -0.25) is 0 Å². The molecule has 0 aromatic heterocycles. The van der Waals surface area contributed by atoms with E-state index in [1.807, 2.05) is 37.3 Å². The molecule has 3 heteroatoms. The minimum atomic E-state index is -0.429. The Morgan fingerprint density at radius 3 is 2.79 bits per heavy atom. The summed E-state index contributed by atoms with van der Waals surface area (Å²) in [4.78, 5) is 0. The number of allylic oxidation sites excluding steroid dienone is 1. The van der Waals surface area contributed by atoms with E-state index in [4.69, 9.17) is 4.12 Å². The Hall–Kier alpha value is -1.09. The van der Waals surface area contributed by atoms with Gasteiger partial charge < -0.3 is 4.12 Å². The standard InChI is InChI=1S/C11H14OSi2/c1-10(9-14-12-13)7-8-11-5-3-2-4-6-11/h2-6,9H,14H2,1,13H3. The second-order valence-corrected chi connectivity index (χ2v) is 6.01. The molecule has 72 valence electrons. The maximum atomic E-state index is 5.20. The molecule has 1 rings (SSSR count). The minimum Gasteiger partial charge on any atom is -0.465 e. The Morgan fingerprint density at radius 2 is 2.14 bits per heavy atom. The molecule has 0 saturated heterocycles. The van der Waals surface area contributed by atoms with E-state index < -0.39 is 9.76 Å². The summed E-state index contributed by atoms with van der Waals surface area (Å²) in [6.07, 6.45) is 0. The average molecular weight is 218 g/mol. The van der Waals surface area contributed by atoms with Gasteiger partial charge in [-0.1, -0.05) is 35.7 Å². The molecule has 0 unspecified atom stereocenters. The molecular formula is C11H14OSi2. The first-order chi connectivity index (χ1) is 6.83. The van der Waals surface area contributed by atoms with E-state index in [-0.39, 0.29) is 0 Å². The summed E-state index contributed by atoms with van der Waals surface area (Å²) in [6, 6.07) is 10.0. The fourth-order valence-electron chi connectivity index (χ4n) is 0.952. The Labute approximate surface area is 90.7 Å². The molecule has 0 atom stereocenters. The maximum absolute atomic E-state index is 5.20. The van der Waals surface area contributed by atoms with Crippen LogP contribution in [0, 0.1) is 11.8 Å². The van der Waals surface area contributed by atoms with Crippen molar-refractivity contribution >= 4 is 20.2 Å². The molecule has 0 aliphatic rings. The van der Waals surface area contributed by atoms with Crippen LogP contribution in [0.5, 0.6) is 0 Å². The quantitative estimate of drug-likeness (QED) is 0.513. The van der Waals surface area contributed by atoms with Gasteiger partial charge >= 0.3 is 0 Å². The molecule has 0 radical (unpaired) electrons. The van der Waals surface area contributed by atoms with Crippen LogP contribution in [-0.2, 0) is 4.12 Å². The van der Waals surface area contributed by atoms with Gasteiger partial charge in [0.2, 0.25) is 0 Å². The van der Waals surface area contributed by atoms with Gasteiger partial charge in [0.15, 0.2) is 9.76 Å². The zero-order chi connectivity index (χ0) is 10.2. The molecule has 0 fully saturated rings. The van der Waals surface area contributed by atoms with Gasteiger partial charge in [0.25, 0.3) is 0 Å². The van der Waals surface area contributed by atoms with Crippen molar-refractivity contribution in [1.82, 2.24) is 0 Å². The van der Waals surface area contributed by atoms with Crippen LogP contribution >= 0.6 is 0 Å². The third-order valence-electron chi connectivity index (χ3n) is 1.73. The summed E-state index contributed by atoms with van der Waals surface area (Å²) in [5.74, 6) is 6.23. The minimum absolute atomic E-state index is 0.429. The smallest absolute Gasteiger partial charge is 0.171 e. The van der Waals surface area contributed by atoms with E-state index in [9.17, 15) is 0 Å². The molecule has 0 aliphatic heterocycles. The van der Waals surface area contributed by atoms with Crippen molar-refractivity contribution in [3.05, 3.63) is 47.2 Å². The highest BCUT2D eigenvalue weighted by Gasteiger charge is 1.83. The molecule has 1 aromatic carbocycles. The Balaban J connectivity index is 2.64. The Kier molecular flexibility index (Phi) is 5.01. The van der Waals surface area contributed by atoms with Gasteiger partial charge in [-0.2, -0.15) is 0 Å². The molecule has 1 nitrogen and oxygen atoms in total. The van der Waals surface area contributed by atoms with Gasteiger partial charge in [0, 0.05) is 5.56 Å². The summed E-state index contributed by atoms with van der Waals surface area (Å²) < 4.78 is 5.20. The van der Waals surface area contributed by atoms with E-state index in [1.165, 1.54) is 0 Å². The molecule has 0 amide bonds. The van der Waals surface area contributed by atoms with Crippen LogP contribution in [0.2, 0.25) is 0 Å². The maximum Gasteiger partial charge on any atom is 0.171 e. The van der Waals surface area contributed by atoms with Crippen molar-refractivity contribution in [2.45, 2.75) is 6.92 Å². The number of benzene rings is 1. The molecule has 14 heavy (non-hydrogen) atoms. The lowest BCUT2D eigenvalue weighted by atomic mass is 10.2. The van der Waals surface area contributed by atoms with Gasteiger partial charge in [-0.15, -0.1) is 0 Å². The lowest BCUT2D eigenvalue weighted by Crippen LogP contribution is -1.90. The van der Waals surface area contributed by atoms with Gasteiger partial charge in [0.05, 0.1) is 0 Å². The topological polar surface area (TPSA) is 9.23 Å². The van der Waals surface area contributed by atoms with Crippen molar-refractivity contribution < 1.29 is 4.12 Å². The zero-order valence-corrected chi connectivity index (χ0v) is 12.0. The summed E-state index contributed by atoms with van der Waals surface area (Å²) in [5, 5.41) is 0. The molecule has 1 aromatic rings. The Bertz CT molecular complexity index is 360. The number of rotatable bonds is 2. The Morgan fingerprint density at radius 1 is 1.43 bits per heavy atom. The van der Waals surface area contributed by atoms with E-state index in [1.54, 1.807) is 0 Å². The monoisotopic (exact) mass is 218 g/mol. The third-order valence-corrected chi connectivity index (χ3v) is 3.85. The highest BCUT2D eigenvalue weighted by molar-refractivity contribution is 6.40. The first-order valence-electron chi connectivity index (χ1n) is 4.55. The molecule has 0 aliphatic carbocycles. The van der Waals surface area contributed by atoms with Crippen LogP contribution in [0.3, 0.4) is 0 Å². The zero-order valence-electron chi connectivity index (χ0n) is 8.58. The van der Waals surface area contributed by atoms with E-state index in [0.29, 0.717) is 0 Å². The van der Waals surface area contributed by atoms with Crippen molar-refractivity contribution in [3.8, 4) is 11.8 Å². The third kappa shape index (κ3) is 4.24. The van der Waals surface area contributed by atoms with Gasteiger partial charge in [0.1, 0.15) is 10.5 Å². The fraction of sp³-hybridized carbons (Fsp3) is 0.0909. The van der Waals surface area contributed by atoms with Crippen LogP contribution in [0.15, 0.2) is 41.6 Å². The SMILES string of the molecule is CC(C#Cc1ccccc1)=C[SiH2]O[SiH3]. The highest BCUT2D eigenvalue weighted by Crippen LogP contribution is 1.96. The van der Waals surface area contributed by atoms with E-state index in [2.05, 4.69) is 17.5 Å². The largest absolute Gasteiger partial charge is 0.465 e. The molecule has 0 bridgehead atoms. The van der Waals surface area contributed by atoms with Crippen LogP contribution in [0.25, 0.3) is 0 Å². The first-order valence-corrected chi connectivity index (χ1v) is 6.76. The molecule has 0 saturated carbocycles. The highest BCUT2D eigenvalue weighted by atomic mass is 28.3. The van der Waals surface area contributed by atoms with Crippen molar-refractivity contribution in [3.63, 3.8) is 0 Å². The summed E-state index contributed by atoms with van der Waals surface area (Å²) in [6.45, 7) is 2.03. The lowest BCUT2D eigenvalue weighted by molar-refractivity contribution is 0.675. The molecule has 0 N–H and O–H groups in total. The molecular weight excluding hydrogens is 204 g/mol. The van der Waals surface area contributed by atoms with Gasteiger partial charge in [-0.05, 0) is 24.6 Å². The number of hydrogen-bond donors (Lipinski definition) is 0. The van der Waals surface area contributed by atoms with Crippen LogP contribution in [0.1, 0.15) is 12.5 Å². The van der Waals surface area contributed by atoms with Crippen molar-refractivity contribution in [2.24, 2.45) is 0 Å². The van der Waals surface area contributed by atoms with Crippen molar-refractivity contribution in [2.75, 3.05) is 0 Å². The average Bonchev–Trinajstić information content (AvgIpc) is 2.25. The summed E-state index contributed by atoms with van der Waals surface area (Å²) >= 11 is 0. The number of hydrogen-bond acceptors (Lipinski definition) is 1. The first kappa shape index (κ1) is 11.0. The van der Waals surface area contributed by atoms with Crippen LogP contribution < -0.4 is 0 Å².